The summed E-state index contributed by atoms with van der Waals surface area (Å²) in [7, 11) is 0. The summed E-state index contributed by atoms with van der Waals surface area (Å²) in [5, 5.41) is 8.58. The Morgan fingerprint density at radius 2 is 1.94 bits per heavy atom. The van der Waals surface area contributed by atoms with Crippen molar-refractivity contribution in [2.75, 3.05) is 0 Å². The Bertz CT molecular complexity index is 1190. The second-order valence-electron chi connectivity index (χ2n) is 6.62. The molecule has 31 heavy (non-hydrogen) atoms. The number of carbonyl (C=O) groups is 1. The van der Waals surface area contributed by atoms with Gasteiger partial charge in [-0.25, -0.2) is 14.5 Å². The molecule has 0 fully saturated rings. The van der Waals surface area contributed by atoms with Crippen molar-refractivity contribution in [1.29, 1.82) is 0 Å². The average molecular weight is 418 g/mol. The first kappa shape index (κ1) is 20.1. The lowest BCUT2D eigenvalue weighted by molar-refractivity contribution is -0.127. The van der Waals surface area contributed by atoms with E-state index in [0.29, 0.717) is 17.0 Å². The van der Waals surface area contributed by atoms with Crippen molar-refractivity contribution in [3.63, 3.8) is 0 Å². The van der Waals surface area contributed by atoms with E-state index >= 15 is 0 Å². The normalized spacial score (nSPS) is 12.1. The summed E-state index contributed by atoms with van der Waals surface area (Å²) in [6.45, 7) is 1.51. The van der Waals surface area contributed by atoms with Crippen molar-refractivity contribution in [1.82, 2.24) is 15.2 Å². The van der Waals surface area contributed by atoms with Gasteiger partial charge in [0.1, 0.15) is 5.69 Å². The van der Waals surface area contributed by atoms with E-state index in [1.54, 1.807) is 41.4 Å². The van der Waals surface area contributed by atoms with Crippen LogP contribution in [0.2, 0.25) is 0 Å². The third-order valence-corrected chi connectivity index (χ3v) is 4.41. The number of hydrogen-bond acceptors (Lipinski definition) is 5. The zero-order chi connectivity index (χ0) is 21.6. The third-order valence-electron chi connectivity index (χ3n) is 4.41. The number of furan rings is 1. The molecule has 0 aliphatic heterocycles. The molecule has 4 aromatic rings. The topological polar surface area (TPSA) is 81.6 Å². The Labute approximate surface area is 177 Å². The van der Waals surface area contributed by atoms with E-state index in [4.69, 9.17) is 9.15 Å². The number of hydrazone groups is 1. The van der Waals surface area contributed by atoms with Gasteiger partial charge in [0.05, 0.1) is 18.2 Å². The van der Waals surface area contributed by atoms with Crippen LogP contribution in [0.1, 0.15) is 12.5 Å². The number of halogens is 1. The van der Waals surface area contributed by atoms with Crippen molar-refractivity contribution < 1.29 is 18.3 Å². The molecule has 2 heterocycles. The number of rotatable bonds is 7. The molecule has 0 radical (unpaired) electrons. The molecule has 2 aromatic heterocycles. The molecular weight excluding hydrogens is 399 g/mol. The van der Waals surface area contributed by atoms with E-state index in [0.717, 1.165) is 5.69 Å². The van der Waals surface area contributed by atoms with Gasteiger partial charge < -0.3 is 9.15 Å². The van der Waals surface area contributed by atoms with Gasteiger partial charge >= 0.3 is 0 Å². The second-order valence-corrected chi connectivity index (χ2v) is 6.62. The maximum Gasteiger partial charge on any atom is 0.280 e. The highest BCUT2D eigenvalue weighted by Gasteiger charge is 2.17. The molecule has 0 spiro atoms. The average Bonchev–Trinajstić information content (AvgIpc) is 3.46. The molecule has 0 unspecified atom stereocenters. The van der Waals surface area contributed by atoms with Crippen LogP contribution in [0.25, 0.3) is 17.1 Å². The number of ether oxygens (including phenoxy) is 1. The maximum atomic E-state index is 13.7. The summed E-state index contributed by atoms with van der Waals surface area (Å²) in [6.07, 6.45) is 3.87. The van der Waals surface area contributed by atoms with Crippen molar-refractivity contribution in [2.45, 2.75) is 13.0 Å². The van der Waals surface area contributed by atoms with E-state index in [-0.39, 0.29) is 5.75 Å². The number of benzene rings is 2. The van der Waals surface area contributed by atoms with Crippen LogP contribution in [0, 0.1) is 5.82 Å². The summed E-state index contributed by atoms with van der Waals surface area (Å²) in [5.41, 5.74) is 4.49. The molecule has 1 atom stereocenters. The first-order valence-electron chi connectivity index (χ1n) is 9.55. The number of nitrogens with one attached hydrogen (secondary N) is 1. The molecule has 0 aliphatic rings. The van der Waals surface area contributed by atoms with E-state index < -0.39 is 17.8 Å². The number of aromatic nitrogens is 2. The summed E-state index contributed by atoms with van der Waals surface area (Å²) in [4.78, 5) is 12.3. The molecule has 156 valence electrons. The SMILES string of the molecule is C[C@H](Oc1ccccc1F)C(=O)N/N=C\c1cn(-c2ccccc2)nc1-c1ccco1. The van der Waals surface area contributed by atoms with Gasteiger partial charge in [-0.05, 0) is 43.3 Å². The Morgan fingerprint density at radius 3 is 2.68 bits per heavy atom. The molecule has 1 amide bonds. The van der Waals surface area contributed by atoms with Crippen molar-refractivity contribution in [3.8, 4) is 22.9 Å². The molecule has 0 bridgehead atoms. The van der Waals surface area contributed by atoms with Crippen molar-refractivity contribution in [3.05, 3.63) is 90.6 Å². The highest BCUT2D eigenvalue weighted by atomic mass is 19.1. The zero-order valence-electron chi connectivity index (χ0n) is 16.6. The fraction of sp³-hybridized carbons (Fsp3) is 0.0870. The largest absolute Gasteiger partial charge is 0.478 e. The number of hydrogen-bond donors (Lipinski definition) is 1. The van der Waals surface area contributed by atoms with Gasteiger partial charge in [-0.1, -0.05) is 30.3 Å². The third kappa shape index (κ3) is 4.69. The lowest BCUT2D eigenvalue weighted by Gasteiger charge is -2.13. The van der Waals surface area contributed by atoms with Crippen LogP contribution >= 0.6 is 0 Å². The smallest absolute Gasteiger partial charge is 0.280 e. The van der Waals surface area contributed by atoms with Gasteiger partial charge in [0.2, 0.25) is 0 Å². The first-order chi connectivity index (χ1) is 15.1. The highest BCUT2D eigenvalue weighted by molar-refractivity contribution is 5.89. The van der Waals surface area contributed by atoms with Crippen LogP contribution in [-0.2, 0) is 4.79 Å². The second kappa shape index (κ2) is 9.08. The van der Waals surface area contributed by atoms with Crippen LogP contribution in [0.15, 0.2) is 88.7 Å². The summed E-state index contributed by atoms with van der Waals surface area (Å²) >= 11 is 0. The number of carbonyl (C=O) groups excluding carboxylic acids is 1. The van der Waals surface area contributed by atoms with Gasteiger partial charge in [0, 0.05) is 11.8 Å². The fourth-order valence-electron chi connectivity index (χ4n) is 2.84. The van der Waals surface area contributed by atoms with Gasteiger partial charge in [-0.15, -0.1) is 0 Å². The van der Waals surface area contributed by atoms with E-state index in [1.807, 2.05) is 30.3 Å². The Kier molecular flexibility index (Phi) is 5.89. The van der Waals surface area contributed by atoms with Gasteiger partial charge in [-0.2, -0.15) is 10.2 Å². The maximum absolute atomic E-state index is 13.7. The highest BCUT2D eigenvalue weighted by Crippen LogP contribution is 2.23. The zero-order valence-corrected chi connectivity index (χ0v) is 16.6. The molecule has 0 saturated carbocycles. The van der Waals surface area contributed by atoms with E-state index in [9.17, 15) is 9.18 Å². The van der Waals surface area contributed by atoms with Crippen LogP contribution in [-0.4, -0.2) is 28.0 Å². The molecule has 1 N–H and O–H groups in total. The molecule has 8 heteroatoms. The van der Waals surface area contributed by atoms with Crippen molar-refractivity contribution >= 4 is 12.1 Å². The van der Waals surface area contributed by atoms with Crippen molar-refractivity contribution in [2.24, 2.45) is 5.10 Å². The van der Waals surface area contributed by atoms with E-state index in [1.165, 1.54) is 25.3 Å². The van der Waals surface area contributed by atoms with Crippen LogP contribution < -0.4 is 10.2 Å². The molecule has 7 nitrogen and oxygen atoms in total. The predicted molar refractivity (Wildman–Crippen MR) is 113 cm³/mol. The van der Waals surface area contributed by atoms with E-state index in [2.05, 4.69) is 15.6 Å². The standard InChI is InChI=1S/C23H19FN4O3/c1-16(31-20-11-6-5-10-19(20)24)23(29)26-25-14-17-15-28(18-8-3-2-4-9-18)27-22(17)21-12-7-13-30-21/h2-16H,1H3,(H,26,29)/b25-14-/t16-/m0/s1. The lowest BCUT2D eigenvalue weighted by atomic mass is 10.2. The monoisotopic (exact) mass is 418 g/mol. The molecule has 4 rings (SSSR count). The fourth-order valence-corrected chi connectivity index (χ4v) is 2.84. The van der Waals surface area contributed by atoms with Gasteiger partial charge in [0.25, 0.3) is 5.91 Å². The van der Waals surface area contributed by atoms with Gasteiger partial charge in [-0.3, -0.25) is 4.79 Å². The first-order valence-corrected chi connectivity index (χ1v) is 9.55. The Morgan fingerprint density at radius 1 is 1.16 bits per heavy atom. The van der Waals surface area contributed by atoms with Crippen LogP contribution in [0.4, 0.5) is 4.39 Å². The number of nitrogens with zero attached hydrogens (tertiary/aromatic N) is 3. The minimum absolute atomic E-state index is 0.00151. The number of amides is 1. The predicted octanol–water partition coefficient (Wildman–Crippen LogP) is 4.19. The molecular formula is C23H19FN4O3. The van der Waals surface area contributed by atoms with Gasteiger partial charge in [0.15, 0.2) is 23.4 Å². The van der Waals surface area contributed by atoms with Crippen LogP contribution in [0.3, 0.4) is 0 Å². The number of para-hydroxylation sites is 2. The molecule has 0 saturated heterocycles. The summed E-state index contributed by atoms with van der Waals surface area (Å²) in [6, 6.07) is 19.0. The summed E-state index contributed by atoms with van der Waals surface area (Å²) in [5.74, 6) is -0.492. The lowest BCUT2D eigenvalue weighted by Crippen LogP contribution is -2.33. The minimum Gasteiger partial charge on any atom is -0.478 e. The molecule has 0 aliphatic carbocycles. The van der Waals surface area contributed by atoms with Crippen LogP contribution in [0.5, 0.6) is 5.75 Å². The minimum atomic E-state index is -0.939. The Hall–Kier alpha value is -4.20. The Balaban J connectivity index is 1.50. The summed E-state index contributed by atoms with van der Waals surface area (Å²) < 4.78 is 26.2. The molecule has 2 aromatic carbocycles. The quantitative estimate of drug-likeness (QED) is 0.360.